The van der Waals surface area contributed by atoms with Crippen LogP contribution in [0.1, 0.15) is 51.0 Å². The summed E-state index contributed by atoms with van der Waals surface area (Å²) in [6.07, 6.45) is 5.84. The maximum Gasteiger partial charge on any atom is 0.213 e. The molecule has 1 aliphatic heterocycles. The molecule has 0 atom stereocenters. The SMILES string of the molecule is CN=C(NCc1ncc(C(C)(C)C)o1)NC1CCN(Cc2ccccn2)CC1. The number of aliphatic imine (C=N–C) groups is 1. The van der Waals surface area contributed by atoms with Gasteiger partial charge in [-0.15, -0.1) is 0 Å². The molecule has 3 heterocycles. The van der Waals surface area contributed by atoms with Crippen LogP contribution < -0.4 is 10.6 Å². The molecule has 0 bridgehead atoms. The Bertz CT molecular complexity index is 757. The summed E-state index contributed by atoms with van der Waals surface area (Å²) in [6, 6.07) is 6.51. The van der Waals surface area contributed by atoms with E-state index in [0.717, 1.165) is 49.9 Å². The number of oxazole rings is 1. The molecule has 2 aromatic heterocycles. The molecule has 0 radical (unpaired) electrons. The van der Waals surface area contributed by atoms with Crippen LogP contribution in [-0.2, 0) is 18.5 Å². The quantitative estimate of drug-likeness (QED) is 0.610. The zero-order valence-corrected chi connectivity index (χ0v) is 17.4. The number of hydrogen-bond donors (Lipinski definition) is 2. The van der Waals surface area contributed by atoms with E-state index in [1.807, 2.05) is 24.5 Å². The molecule has 0 saturated carbocycles. The first kappa shape index (κ1) is 20.3. The average Bonchev–Trinajstić information content (AvgIpc) is 3.17. The van der Waals surface area contributed by atoms with E-state index in [2.05, 4.69) is 57.3 Å². The molecule has 0 amide bonds. The third-order valence-corrected chi connectivity index (χ3v) is 4.96. The minimum atomic E-state index is -0.0333. The van der Waals surface area contributed by atoms with Gasteiger partial charge in [0, 0.05) is 44.3 Å². The number of likely N-dealkylation sites (tertiary alicyclic amines) is 1. The number of nitrogens with zero attached hydrogens (tertiary/aromatic N) is 4. The topological polar surface area (TPSA) is 78.6 Å². The molecule has 7 nitrogen and oxygen atoms in total. The van der Waals surface area contributed by atoms with Crippen molar-refractivity contribution in [2.45, 2.75) is 58.2 Å². The number of nitrogens with one attached hydrogen (secondary N) is 2. The van der Waals surface area contributed by atoms with E-state index < -0.39 is 0 Å². The van der Waals surface area contributed by atoms with Gasteiger partial charge in [0.25, 0.3) is 0 Å². The van der Waals surface area contributed by atoms with Crippen LogP contribution in [0.5, 0.6) is 0 Å². The van der Waals surface area contributed by atoms with E-state index in [-0.39, 0.29) is 5.41 Å². The summed E-state index contributed by atoms with van der Waals surface area (Å²) in [6.45, 7) is 9.90. The largest absolute Gasteiger partial charge is 0.443 e. The van der Waals surface area contributed by atoms with Gasteiger partial charge >= 0.3 is 0 Å². The summed E-state index contributed by atoms with van der Waals surface area (Å²) >= 11 is 0. The van der Waals surface area contributed by atoms with Gasteiger partial charge in [0.15, 0.2) is 5.96 Å². The van der Waals surface area contributed by atoms with Crippen LogP contribution in [0, 0.1) is 0 Å². The van der Waals surface area contributed by atoms with Gasteiger partial charge in [-0.1, -0.05) is 26.8 Å². The lowest BCUT2D eigenvalue weighted by molar-refractivity contribution is 0.196. The molecular formula is C21H32N6O. The fraction of sp³-hybridized carbons (Fsp3) is 0.571. The number of piperidine rings is 1. The van der Waals surface area contributed by atoms with Gasteiger partial charge in [0.05, 0.1) is 18.4 Å². The highest BCUT2D eigenvalue weighted by Crippen LogP contribution is 2.22. The summed E-state index contributed by atoms with van der Waals surface area (Å²) < 4.78 is 5.83. The Kier molecular flexibility index (Phi) is 6.67. The van der Waals surface area contributed by atoms with Crippen molar-refractivity contribution in [1.82, 2.24) is 25.5 Å². The van der Waals surface area contributed by atoms with E-state index in [0.29, 0.717) is 18.5 Å². The molecule has 28 heavy (non-hydrogen) atoms. The molecule has 1 saturated heterocycles. The zero-order chi connectivity index (χ0) is 20.0. The van der Waals surface area contributed by atoms with Crippen LogP contribution in [0.4, 0.5) is 0 Å². The second kappa shape index (κ2) is 9.19. The monoisotopic (exact) mass is 384 g/mol. The Labute approximate surface area is 167 Å². The third-order valence-electron chi connectivity index (χ3n) is 4.96. The number of guanidine groups is 1. The van der Waals surface area contributed by atoms with Gasteiger partial charge in [-0.2, -0.15) is 0 Å². The maximum absolute atomic E-state index is 5.83. The highest BCUT2D eigenvalue weighted by atomic mass is 16.4. The number of aromatic nitrogens is 2. The van der Waals surface area contributed by atoms with Crippen molar-refractivity contribution in [1.29, 1.82) is 0 Å². The molecule has 0 unspecified atom stereocenters. The van der Waals surface area contributed by atoms with E-state index in [1.54, 1.807) is 7.05 Å². The molecule has 3 rings (SSSR count). The number of pyridine rings is 1. The Morgan fingerprint density at radius 3 is 2.64 bits per heavy atom. The lowest BCUT2D eigenvalue weighted by atomic mass is 9.94. The van der Waals surface area contributed by atoms with Crippen molar-refractivity contribution in [2.24, 2.45) is 4.99 Å². The summed E-state index contributed by atoms with van der Waals surface area (Å²) in [5, 5.41) is 6.83. The first-order valence-corrected chi connectivity index (χ1v) is 9.98. The normalized spacial score (nSPS) is 16.9. The lowest BCUT2D eigenvalue weighted by Crippen LogP contribution is -2.48. The molecule has 0 aromatic carbocycles. The Morgan fingerprint density at radius 1 is 1.25 bits per heavy atom. The van der Waals surface area contributed by atoms with Crippen LogP contribution >= 0.6 is 0 Å². The highest BCUT2D eigenvalue weighted by molar-refractivity contribution is 5.79. The molecule has 7 heteroatoms. The highest BCUT2D eigenvalue weighted by Gasteiger charge is 2.21. The van der Waals surface area contributed by atoms with Gasteiger partial charge in [-0.25, -0.2) is 4.98 Å². The Morgan fingerprint density at radius 2 is 2.04 bits per heavy atom. The molecule has 2 N–H and O–H groups in total. The minimum absolute atomic E-state index is 0.0333. The predicted octanol–water partition coefficient (Wildman–Crippen LogP) is 2.70. The van der Waals surface area contributed by atoms with E-state index in [4.69, 9.17) is 4.42 Å². The van der Waals surface area contributed by atoms with Crippen LogP contribution in [0.25, 0.3) is 0 Å². The van der Waals surface area contributed by atoms with Crippen molar-refractivity contribution < 1.29 is 4.42 Å². The second-order valence-corrected chi connectivity index (χ2v) is 8.31. The smallest absolute Gasteiger partial charge is 0.213 e. The van der Waals surface area contributed by atoms with Crippen LogP contribution in [0.15, 0.2) is 40.0 Å². The van der Waals surface area contributed by atoms with Gasteiger partial charge in [0.1, 0.15) is 5.76 Å². The molecule has 0 spiro atoms. The van der Waals surface area contributed by atoms with Gasteiger partial charge in [-0.05, 0) is 25.0 Å². The van der Waals surface area contributed by atoms with E-state index in [9.17, 15) is 0 Å². The van der Waals surface area contributed by atoms with Crippen LogP contribution in [0.2, 0.25) is 0 Å². The van der Waals surface area contributed by atoms with Gasteiger partial charge in [-0.3, -0.25) is 14.9 Å². The fourth-order valence-electron chi connectivity index (χ4n) is 3.24. The average molecular weight is 385 g/mol. The first-order chi connectivity index (χ1) is 13.4. The summed E-state index contributed by atoms with van der Waals surface area (Å²) in [4.78, 5) is 15.6. The number of hydrogen-bond acceptors (Lipinski definition) is 5. The fourth-order valence-corrected chi connectivity index (χ4v) is 3.24. The standard InChI is InChI=1S/C21H32N6O/c1-21(2,3)18-13-24-19(28-18)14-25-20(22-4)26-16-8-11-27(12-9-16)15-17-7-5-6-10-23-17/h5-7,10,13,16H,8-9,11-12,14-15H2,1-4H3,(H2,22,25,26). The van der Waals surface area contributed by atoms with Crippen LogP contribution in [0.3, 0.4) is 0 Å². The summed E-state index contributed by atoms with van der Waals surface area (Å²) in [5.74, 6) is 2.37. The van der Waals surface area contributed by atoms with Gasteiger partial charge in [0.2, 0.25) is 5.89 Å². The second-order valence-electron chi connectivity index (χ2n) is 8.31. The van der Waals surface area contributed by atoms with E-state index >= 15 is 0 Å². The van der Waals surface area contributed by atoms with E-state index in [1.165, 1.54) is 0 Å². The molecule has 152 valence electrons. The van der Waals surface area contributed by atoms with Crippen molar-refractivity contribution in [3.05, 3.63) is 47.9 Å². The molecular weight excluding hydrogens is 352 g/mol. The van der Waals surface area contributed by atoms with Crippen molar-refractivity contribution >= 4 is 5.96 Å². The molecule has 0 aliphatic carbocycles. The molecule has 2 aromatic rings. The summed E-state index contributed by atoms with van der Waals surface area (Å²) in [5.41, 5.74) is 1.10. The van der Waals surface area contributed by atoms with Crippen molar-refractivity contribution in [3.63, 3.8) is 0 Å². The maximum atomic E-state index is 5.83. The minimum Gasteiger partial charge on any atom is -0.443 e. The van der Waals surface area contributed by atoms with Crippen molar-refractivity contribution in [3.8, 4) is 0 Å². The van der Waals surface area contributed by atoms with Crippen LogP contribution in [-0.4, -0.2) is 47.0 Å². The lowest BCUT2D eigenvalue weighted by Gasteiger charge is -2.32. The zero-order valence-electron chi connectivity index (χ0n) is 17.4. The third kappa shape index (κ3) is 5.79. The first-order valence-electron chi connectivity index (χ1n) is 9.98. The van der Waals surface area contributed by atoms with Crippen molar-refractivity contribution in [2.75, 3.05) is 20.1 Å². The Hall–Kier alpha value is -2.41. The predicted molar refractivity (Wildman–Crippen MR) is 111 cm³/mol. The number of rotatable bonds is 5. The Balaban J connectivity index is 1.42. The molecule has 1 fully saturated rings. The van der Waals surface area contributed by atoms with Gasteiger partial charge < -0.3 is 15.1 Å². The summed E-state index contributed by atoms with van der Waals surface area (Å²) in [7, 11) is 1.79. The molecule has 1 aliphatic rings.